The summed E-state index contributed by atoms with van der Waals surface area (Å²) in [6.45, 7) is 10.2. The average molecular weight is 256 g/mol. The van der Waals surface area contributed by atoms with E-state index in [1.54, 1.807) is 6.08 Å². The summed E-state index contributed by atoms with van der Waals surface area (Å²) in [7, 11) is -1.46. The zero-order chi connectivity index (χ0) is 13.1. The molecule has 0 aromatic rings. The van der Waals surface area contributed by atoms with Crippen LogP contribution >= 0.6 is 0 Å². The molecule has 100 valence electrons. The van der Waals surface area contributed by atoms with Crippen LogP contribution in [0.3, 0.4) is 0 Å². The summed E-state index contributed by atoms with van der Waals surface area (Å²) < 4.78 is 5.99. The number of rotatable bonds is 10. The Morgan fingerprint density at radius 1 is 1.24 bits per heavy atom. The van der Waals surface area contributed by atoms with Crippen molar-refractivity contribution < 1.29 is 9.53 Å². The Kier molecular flexibility index (Phi) is 9.18. The van der Waals surface area contributed by atoms with Gasteiger partial charge in [0, 0.05) is 0 Å². The first kappa shape index (κ1) is 16.5. The van der Waals surface area contributed by atoms with Gasteiger partial charge in [-0.1, -0.05) is 32.9 Å². The molecule has 0 aromatic carbocycles. The highest BCUT2D eigenvalue weighted by Gasteiger charge is 2.28. The summed E-state index contributed by atoms with van der Waals surface area (Å²) in [5, 5.41) is 9.29. The molecule has 0 aliphatic heterocycles. The smallest absolute Gasteiger partial charge is 0.249 e. The minimum absolute atomic E-state index is 0.361. The molecule has 0 heterocycles. The molecule has 1 unspecified atom stereocenters. The van der Waals surface area contributed by atoms with E-state index in [0.717, 1.165) is 19.3 Å². The van der Waals surface area contributed by atoms with Crippen molar-refractivity contribution in [3.63, 3.8) is 0 Å². The number of aliphatic hydroxyl groups excluding tert-OH is 1. The molecule has 0 fully saturated rings. The quantitative estimate of drug-likeness (QED) is 0.274. The summed E-state index contributed by atoms with van der Waals surface area (Å²) in [4.78, 5) is 0. The Balaban J connectivity index is 3.82. The van der Waals surface area contributed by atoms with Gasteiger partial charge in [-0.15, -0.1) is 6.58 Å². The molecule has 0 aliphatic carbocycles. The van der Waals surface area contributed by atoms with Crippen LogP contribution < -0.4 is 0 Å². The van der Waals surface area contributed by atoms with Crippen molar-refractivity contribution >= 4 is 8.32 Å². The molecule has 0 amide bonds. The van der Waals surface area contributed by atoms with E-state index in [0.29, 0.717) is 0 Å². The fourth-order valence-electron chi connectivity index (χ4n) is 1.82. The van der Waals surface area contributed by atoms with E-state index >= 15 is 0 Å². The molecule has 3 heteroatoms. The van der Waals surface area contributed by atoms with Crippen molar-refractivity contribution in [1.29, 1.82) is 0 Å². The largest absolute Gasteiger partial charge is 0.549 e. The Bertz CT molecular complexity index is 214. The number of hydrogen-bond donors (Lipinski definition) is 1. The number of hydrogen-bond acceptors (Lipinski definition) is 2. The minimum atomic E-state index is -1.46. The molecule has 0 aliphatic rings. The minimum Gasteiger partial charge on any atom is -0.549 e. The van der Waals surface area contributed by atoms with Gasteiger partial charge in [0.05, 0.1) is 12.4 Å². The molecule has 1 atom stereocenters. The lowest BCUT2D eigenvalue weighted by Crippen LogP contribution is -2.33. The van der Waals surface area contributed by atoms with Gasteiger partial charge < -0.3 is 9.53 Å². The van der Waals surface area contributed by atoms with E-state index in [1.807, 2.05) is 6.26 Å². The van der Waals surface area contributed by atoms with Gasteiger partial charge in [0.15, 0.2) is 0 Å². The van der Waals surface area contributed by atoms with Crippen molar-refractivity contribution in [1.82, 2.24) is 0 Å². The van der Waals surface area contributed by atoms with E-state index < -0.39 is 8.32 Å². The zero-order valence-corrected chi connectivity index (χ0v) is 12.6. The molecule has 1 N–H and O–H groups in total. The van der Waals surface area contributed by atoms with Gasteiger partial charge in [-0.05, 0) is 37.4 Å². The first-order valence-electron chi connectivity index (χ1n) is 6.77. The lowest BCUT2D eigenvalue weighted by Gasteiger charge is -2.26. The maximum Gasteiger partial charge on any atom is 0.249 e. The van der Waals surface area contributed by atoms with Crippen LogP contribution in [0, 0.1) is 0 Å². The monoisotopic (exact) mass is 256 g/mol. The van der Waals surface area contributed by atoms with Gasteiger partial charge in [0.1, 0.15) is 0 Å². The number of allylic oxidation sites excluding steroid dienone is 1. The van der Waals surface area contributed by atoms with E-state index in [-0.39, 0.29) is 6.10 Å². The topological polar surface area (TPSA) is 29.5 Å². The van der Waals surface area contributed by atoms with Gasteiger partial charge in [0.2, 0.25) is 8.32 Å². The van der Waals surface area contributed by atoms with Crippen LogP contribution in [0.15, 0.2) is 25.0 Å². The van der Waals surface area contributed by atoms with Crippen molar-refractivity contribution in [2.75, 3.05) is 0 Å². The molecule has 0 rings (SSSR count). The number of aliphatic hydroxyl groups is 1. The molecule has 0 aromatic heterocycles. The predicted molar refractivity (Wildman–Crippen MR) is 77.5 cm³/mol. The van der Waals surface area contributed by atoms with Crippen molar-refractivity contribution in [3.05, 3.63) is 25.0 Å². The van der Waals surface area contributed by atoms with Crippen LogP contribution in [-0.4, -0.2) is 19.5 Å². The molecule has 0 spiro atoms. The highest BCUT2D eigenvalue weighted by atomic mass is 28.4. The van der Waals surface area contributed by atoms with Crippen LogP contribution in [0.5, 0.6) is 0 Å². The fourth-order valence-corrected chi connectivity index (χ4v) is 4.21. The van der Waals surface area contributed by atoms with Crippen LogP contribution in [-0.2, 0) is 4.43 Å². The predicted octanol–water partition coefficient (Wildman–Crippen LogP) is 4.24. The van der Waals surface area contributed by atoms with E-state index in [4.69, 9.17) is 4.43 Å². The van der Waals surface area contributed by atoms with Crippen molar-refractivity contribution in [2.45, 2.75) is 64.3 Å². The maximum absolute atomic E-state index is 9.29. The zero-order valence-electron chi connectivity index (χ0n) is 11.6. The average Bonchev–Trinajstić information content (AvgIpc) is 2.38. The SMILES string of the molecule is C=CC(O)CCCC=CO[Si](CC)(CC)CC. The molecule has 0 bridgehead atoms. The standard InChI is InChI=1S/C14H28O2Si/c1-5-14(15)12-10-9-11-13-16-17(6-2,7-3)8-4/h5,11,13-15H,1,6-10,12H2,2-4H3. The first-order chi connectivity index (χ1) is 8.14. The van der Waals surface area contributed by atoms with E-state index in [2.05, 4.69) is 33.4 Å². The second kappa shape index (κ2) is 9.48. The molecular weight excluding hydrogens is 228 g/mol. The van der Waals surface area contributed by atoms with Gasteiger partial charge in [-0.3, -0.25) is 0 Å². The summed E-state index contributed by atoms with van der Waals surface area (Å²) in [6, 6.07) is 3.54. The summed E-state index contributed by atoms with van der Waals surface area (Å²) >= 11 is 0. The van der Waals surface area contributed by atoms with Gasteiger partial charge in [-0.25, -0.2) is 0 Å². The summed E-state index contributed by atoms with van der Waals surface area (Å²) in [5.41, 5.74) is 0. The fraction of sp³-hybridized carbons (Fsp3) is 0.714. The molecule has 0 saturated carbocycles. The Morgan fingerprint density at radius 2 is 1.82 bits per heavy atom. The number of unbranched alkanes of at least 4 members (excludes halogenated alkanes) is 1. The third-order valence-corrected chi connectivity index (χ3v) is 7.99. The molecule has 0 radical (unpaired) electrons. The van der Waals surface area contributed by atoms with Crippen LogP contribution in [0.1, 0.15) is 40.0 Å². The molecular formula is C14H28O2Si. The molecule has 2 nitrogen and oxygen atoms in total. The normalized spacial score (nSPS) is 13.9. The highest BCUT2D eigenvalue weighted by molar-refractivity contribution is 6.73. The Hall–Kier alpha value is -0.543. The lowest BCUT2D eigenvalue weighted by atomic mass is 10.1. The Morgan fingerprint density at radius 3 is 2.29 bits per heavy atom. The summed E-state index contributed by atoms with van der Waals surface area (Å²) in [6.07, 6.45) is 7.93. The first-order valence-corrected chi connectivity index (χ1v) is 9.30. The van der Waals surface area contributed by atoms with Gasteiger partial charge in [0.25, 0.3) is 0 Å². The maximum atomic E-state index is 9.29. The molecule has 17 heavy (non-hydrogen) atoms. The van der Waals surface area contributed by atoms with Crippen LogP contribution in [0.2, 0.25) is 18.1 Å². The van der Waals surface area contributed by atoms with E-state index in [1.165, 1.54) is 18.1 Å². The third kappa shape index (κ3) is 6.69. The second-order valence-corrected chi connectivity index (χ2v) is 9.19. The van der Waals surface area contributed by atoms with Gasteiger partial charge >= 0.3 is 0 Å². The third-order valence-electron chi connectivity index (χ3n) is 3.49. The summed E-state index contributed by atoms with van der Waals surface area (Å²) in [5.74, 6) is 0. The van der Waals surface area contributed by atoms with Crippen molar-refractivity contribution in [3.8, 4) is 0 Å². The van der Waals surface area contributed by atoms with Crippen LogP contribution in [0.4, 0.5) is 0 Å². The Labute approximate surface area is 108 Å². The van der Waals surface area contributed by atoms with Crippen LogP contribution in [0.25, 0.3) is 0 Å². The van der Waals surface area contributed by atoms with E-state index in [9.17, 15) is 5.11 Å². The second-order valence-electron chi connectivity index (χ2n) is 4.47. The highest BCUT2D eigenvalue weighted by Crippen LogP contribution is 2.21. The van der Waals surface area contributed by atoms with Crippen molar-refractivity contribution in [2.24, 2.45) is 0 Å². The van der Waals surface area contributed by atoms with Gasteiger partial charge in [-0.2, -0.15) is 0 Å². The molecule has 0 saturated heterocycles. The lowest BCUT2D eigenvalue weighted by molar-refractivity contribution is 0.210.